The number of hydrogen-bond acceptors (Lipinski definition) is 4. The van der Waals surface area contributed by atoms with E-state index in [0.29, 0.717) is 0 Å². The molecule has 0 radical (unpaired) electrons. The lowest BCUT2D eigenvalue weighted by atomic mass is 9.83. The highest BCUT2D eigenvalue weighted by Gasteiger charge is 2.62. The molecule has 3 saturated heterocycles. The SMILES string of the molecule is CC(=O)[C@H]1C[C@H]2O[C@@H]1[C@@H]1OC(C)(C)O[C@@H]12. The summed E-state index contributed by atoms with van der Waals surface area (Å²) >= 11 is 0. The maximum atomic E-state index is 11.4. The molecule has 0 saturated carbocycles. The lowest BCUT2D eigenvalue weighted by Gasteiger charge is -2.23. The average Bonchev–Trinajstić information content (AvgIpc) is 2.70. The number of carbonyl (C=O) groups is 1. The number of rotatable bonds is 1. The molecule has 3 aliphatic heterocycles. The van der Waals surface area contributed by atoms with Crippen LogP contribution in [0, 0.1) is 5.92 Å². The highest BCUT2D eigenvalue weighted by molar-refractivity contribution is 5.79. The van der Waals surface area contributed by atoms with Crippen molar-refractivity contribution >= 4 is 5.78 Å². The Morgan fingerprint density at radius 1 is 1.20 bits per heavy atom. The van der Waals surface area contributed by atoms with E-state index in [2.05, 4.69) is 0 Å². The van der Waals surface area contributed by atoms with E-state index in [-0.39, 0.29) is 36.1 Å². The summed E-state index contributed by atoms with van der Waals surface area (Å²) in [5, 5.41) is 0. The lowest BCUT2D eigenvalue weighted by Crippen LogP contribution is -2.41. The van der Waals surface area contributed by atoms with Crippen LogP contribution in [-0.4, -0.2) is 36.0 Å². The van der Waals surface area contributed by atoms with Gasteiger partial charge in [-0.2, -0.15) is 0 Å². The van der Waals surface area contributed by atoms with Crippen LogP contribution in [0.1, 0.15) is 27.2 Å². The topological polar surface area (TPSA) is 44.8 Å². The van der Waals surface area contributed by atoms with Gasteiger partial charge < -0.3 is 14.2 Å². The first kappa shape index (κ1) is 9.75. The molecular weight excluding hydrogens is 196 g/mol. The van der Waals surface area contributed by atoms with Gasteiger partial charge in [0.25, 0.3) is 0 Å². The molecule has 5 atom stereocenters. The van der Waals surface area contributed by atoms with E-state index in [4.69, 9.17) is 14.2 Å². The quantitative estimate of drug-likeness (QED) is 0.647. The normalized spacial score (nSPS) is 50.7. The third kappa shape index (κ3) is 1.28. The first-order valence-electron chi connectivity index (χ1n) is 5.49. The Morgan fingerprint density at radius 2 is 1.87 bits per heavy atom. The molecule has 3 fully saturated rings. The van der Waals surface area contributed by atoms with Gasteiger partial charge in [-0.3, -0.25) is 4.79 Å². The van der Waals surface area contributed by atoms with Crippen LogP contribution in [0.15, 0.2) is 0 Å². The van der Waals surface area contributed by atoms with Crippen LogP contribution in [-0.2, 0) is 19.0 Å². The molecule has 3 heterocycles. The van der Waals surface area contributed by atoms with E-state index >= 15 is 0 Å². The summed E-state index contributed by atoms with van der Waals surface area (Å²) in [6.45, 7) is 5.45. The maximum Gasteiger partial charge on any atom is 0.164 e. The van der Waals surface area contributed by atoms with Crippen LogP contribution < -0.4 is 0 Å². The fourth-order valence-corrected chi connectivity index (χ4v) is 3.01. The summed E-state index contributed by atoms with van der Waals surface area (Å²) < 4.78 is 17.3. The fraction of sp³-hybridized carbons (Fsp3) is 0.909. The number of Topliss-reactive ketones (excluding diaryl/α,β-unsaturated/α-hetero) is 1. The molecule has 3 rings (SSSR count). The predicted octanol–water partition coefficient (Wildman–Crippen LogP) is 0.883. The lowest BCUT2D eigenvalue weighted by molar-refractivity contribution is -0.178. The average molecular weight is 212 g/mol. The molecule has 3 aliphatic rings. The standard InChI is InChI=1S/C11H16O4/c1-5(12)6-4-7-9-10(8(6)13-7)15-11(2,3)14-9/h6-10H,4H2,1-3H3/t6-,7-,8+,9-,10+/m1/s1. The number of ketones is 1. The Morgan fingerprint density at radius 3 is 2.53 bits per heavy atom. The Labute approximate surface area is 88.9 Å². The van der Waals surface area contributed by atoms with Gasteiger partial charge in [0, 0.05) is 5.92 Å². The van der Waals surface area contributed by atoms with Gasteiger partial charge in [0.2, 0.25) is 0 Å². The highest BCUT2D eigenvalue weighted by Crippen LogP contribution is 2.48. The molecular formula is C11H16O4. The van der Waals surface area contributed by atoms with Crippen molar-refractivity contribution in [2.45, 2.75) is 57.4 Å². The van der Waals surface area contributed by atoms with E-state index in [1.165, 1.54) is 0 Å². The molecule has 4 nitrogen and oxygen atoms in total. The van der Waals surface area contributed by atoms with Crippen LogP contribution >= 0.6 is 0 Å². The first-order valence-corrected chi connectivity index (χ1v) is 5.49. The van der Waals surface area contributed by atoms with Crippen molar-refractivity contribution in [3.05, 3.63) is 0 Å². The number of hydrogen-bond donors (Lipinski definition) is 0. The second-order valence-electron chi connectivity index (χ2n) is 5.16. The zero-order chi connectivity index (χ0) is 10.8. The monoisotopic (exact) mass is 212 g/mol. The van der Waals surface area contributed by atoms with E-state index in [9.17, 15) is 4.79 Å². The summed E-state index contributed by atoms with van der Waals surface area (Å²) in [4.78, 5) is 11.4. The minimum Gasteiger partial charge on any atom is -0.369 e. The van der Waals surface area contributed by atoms with Gasteiger partial charge in [0.1, 0.15) is 18.0 Å². The van der Waals surface area contributed by atoms with Gasteiger partial charge in [-0.15, -0.1) is 0 Å². The second-order valence-corrected chi connectivity index (χ2v) is 5.16. The van der Waals surface area contributed by atoms with E-state index < -0.39 is 5.79 Å². The van der Waals surface area contributed by atoms with Crippen molar-refractivity contribution in [2.24, 2.45) is 5.92 Å². The van der Waals surface area contributed by atoms with E-state index in [1.54, 1.807) is 6.92 Å². The summed E-state index contributed by atoms with van der Waals surface area (Å²) in [5.41, 5.74) is 0. The molecule has 0 aromatic rings. The van der Waals surface area contributed by atoms with Crippen LogP contribution in [0.4, 0.5) is 0 Å². The maximum absolute atomic E-state index is 11.4. The van der Waals surface area contributed by atoms with Gasteiger partial charge in [-0.25, -0.2) is 0 Å². The van der Waals surface area contributed by atoms with E-state index in [0.717, 1.165) is 6.42 Å². The van der Waals surface area contributed by atoms with Gasteiger partial charge in [0.15, 0.2) is 5.79 Å². The Balaban J connectivity index is 1.84. The minimum absolute atomic E-state index is 0.00810. The smallest absolute Gasteiger partial charge is 0.164 e. The van der Waals surface area contributed by atoms with Crippen molar-refractivity contribution in [3.63, 3.8) is 0 Å². The van der Waals surface area contributed by atoms with Crippen molar-refractivity contribution in [1.29, 1.82) is 0 Å². The molecule has 0 N–H and O–H groups in total. The molecule has 0 aromatic carbocycles. The molecule has 0 spiro atoms. The van der Waals surface area contributed by atoms with Crippen LogP contribution in [0.25, 0.3) is 0 Å². The van der Waals surface area contributed by atoms with Crippen molar-refractivity contribution in [3.8, 4) is 0 Å². The Hall–Kier alpha value is -0.450. The summed E-state index contributed by atoms with van der Waals surface area (Å²) in [7, 11) is 0. The summed E-state index contributed by atoms with van der Waals surface area (Å²) in [5.74, 6) is -0.315. The van der Waals surface area contributed by atoms with Gasteiger partial charge in [-0.05, 0) is 27.2 Å². The molecule has 4 heteroatoms. The third-order valence-corrected chi connectivity index (χ3v) is 3.59. The highest BCUT2D eigenvalue weighted by atomic mass is 16.8. The molecule has 0 aromatic heterocycles. The van der Waals surface area contributed by atoms with Gasteiger partial charge in [-0.1, -0.05) is 0 Å². The summed E-state index contributed by atoms with van der Waals surface area (Å²) in [6.07, 6.45) is 0.740. The number of fused-ring (bicyclic) bond motifs is 5. The zero-order valence-electron chi connectivity index (χ0n) is 9.23. The van der Waals surface area contributed by atoms with Crippen LogP contribution in [0.2, 0.25) is 0 Å². The van der Waals surface area contributed by atoms with Gasteiger partial charge >= 0.3 is 0 Å². The van der Waals surface area contributed by atoms with Crippen molar-refractivity contribution < 1.29 is 19.0 Å². The fourth-order valence-electron chi connectivity index (χ4n) is 3.01. The molecule has 84 valence electrons. The summed E-state index contributed by atoms with van der Waals surface area (Å²) in [6, 6.07) is 0. The predicted molar refractivity (Wildman–Crippen MR) is 51.3 cm³/mol. The largest absolute Gasteiger partial charge is 0.369 e. The third-order valence-electron chi connectivity index (χ3n) is 3.59. The Kier molecular flexibility index (Phi) is 1.83. The number of carbonyl (C=O) groups excluding carboxylic acids is 1. The second kappa shape index (κ2) is 2.81. The van der Waals surface area contributed by atoms with Crippen LogP contribution in [0.5, 0.6) is 0 Å². The Bertz CT molecular complexity index is 312. The molecule has 0 unspecified atom stereocenters. The number of ether oxygens (including phenoxy) is 3. The van der Waals surface area contributed by atoms with Crippen molar-refractivity contribution in [1.82, 2.24) is 0 Å². The first-order chi connectivity index (χ1) is 6.98. The minimum atomic E-state index is -0.526. The van der Waals surface area contributed by atoms with Crippen molar-refractivity contribution in [2.75, 3.05) is 0 Å². The zero-order valence-corrected chi connectivity index (χ0v) is 9.23. The van der Waals surface area contributed by atoms with Gasteiger partial charge in [0.05, 0.1) is 12.2 Å². The van der Waals surface area contributed by atoms with Crippen LogP contribution in [0.3, 0.4) is 0 Å². The molecule has 15 heavy (non-hydrogen) atoms. The van der Waals surface area contributed by atoms with E-state index in [1.807, 2.05) is 13.8 Å². The molecule has 0 amide bonds. The molecule has 0 aliphatic carbocycles. The molecule has 2 bridgehead atoms.